The number of likely N-dealkylation sites (tertiary alicyclic amines) is 1. The van der Waals surface area contributed by atoms with Crippen molar-refractivity contribution in [3.05, 3.63) is 34.4 Å². The van der Waals surface area contributed by atoms with Gasteiger partial charge in [-0.25, -0.2) is 4.79 Å². The second kappa shape index (κ2) is 4.49. The summed E-state index contributed by atoms with van der Waals surface area (Å²) in [4.78, 5) is 24.2. The Hall–Kier alpha value is -1.62. The van der Waals surface area contributed by atoms with Crippen LogP contribution in [0.1, 0.15) is 23.2 Å². The van der Waals surface area contributed by atoms with Crippen molar-refractivity contribution in [2.75, 3.05) is 13.1 Å². The van der Waals surface area contributed by atoms with Gasteiger partial charge in [-0.15, -0.1) is 0 Å². The molecule has 16 heavy (non-hydrogen) atoms. The van der Waals surface area contributed by atoms with Crippen LogP contribution < -0.4 is 5.63 Å². The van der Waals surface area contributed by atoms with Gasteiger partial charge in [0.15, 0.2) is 0 Å². The van der Waals surface area contributed by atoms with E-state index >= 15 is 0 Å². The number of aliphatic hydroxyl groups excluding tert-OH is 1. The highest BCUT2D eigenvalue weighted by molar-refractivity contribution is 5.93. The molecular formula is C11H13NO4. The zero-order valence-corrected chi connectivity index (χ0v) is 8.76. The third kappa shape index (κ3) is 2.30. The van der Waals surface area contributed by atoms with Crippen LogP contribution in [0.3, 0.4) is 0 Å². The molecule has 1 aromatic heterocycles. The zero-order chi connectivity index (χ0) is 11.5. The van der Waals surface area contributed by atoms with Gasteiger partial charge in [-0.05, 0) is 18.9 Å². The molecule has 0 radical (unpaired) electrons. The Morgan fingerprint density at radius 3 is 2.94 bits per heavy atom. The van der Waals surface area contributed by atoms with Crippen LogP contribution in [0.4, 0.5) is 0 Å². The largest absolute Gasteiger partial charge is 0.430 e. The first kappa shape index (κ1) is 10.9. The van der Waals surface area contributed by atoms with Crippen LogP contribution in [0.5, 0.6) is 0 Å². The monoisotopic (exact) mass is 223 g/mol. The fraction of sp³-hybridized carbons (Fsp3) is 0.455. The van der Waals surface area contributed by atoms with Gasteiger partial charge in [0.1, 0.15) is 6.26 Å². The van der Waals surface area contributed by atoms with Crippen molar-refractivity contribution < 1.29 is 14.3 Å². The molecule has 0 aromatic carbocycles. The lowest BCUT2D eigenvalue weighted by molar-refractivity contribution is 0.0471. The van der Waals surface area contributed by atoms with Gasteiger partial charge >= 0.3 is 5.63 Å². The Morgan fingerprint density at radius 2 is 2.31 bits per heavy atom. The average molecular weight is 223 g/mol. The van der Waals surface area contributed by atoms with E-state index < -0.39 is 11.7 Å². The SMILES string of the molecule is O=C(c1ccc(=O)oc1)N1CCCC(O)C1. The van der Waals surface area contributed by atoms with Crippen molar-refractivity contribution >= 4 is 5.91 Å². The number of rotatable bonds is 1. The van der Waals surface area contributed by atoms with E-state index in [0.717, 1.165) is 19.1 Å². The van der Waals surface area contributed by atoms with E-state index in [1.807, 2.05) is 0 Å². The van der Waals surface area contributed by atoms with Crippen molar-refractivity contribution in [1.29, 1.82) is 0 Å². The molecule has 0 aliphatic carbocycles. The van der Waals surface area contributed by atoms with Crippen LogP contribution in [-0.4, -0.2) is 35.1 Å². The van der Waals surface area contributed by atoms with E-state index in [0.29, 0.717) is 18.7 Å². The molecule has 0 saturated carbocycles. The lowest BCUT2D eigenvalue weighted by atomic mass is 10.1. The highest BCUT2D eigenvalue weighted by Crippen LogP contribution is 2.12. The van der Waals surface area contributed by atoms with Gasteiger partial charge < -0.3 is 14.4 Å². The summed E-state index contributed by atoms with van der Waals surface area (Å²) in [6.07, 6.45) is 2.23. The predicted octanol–water partition coefficient (Wildman–Crippen LogP) is 0.237. The Labute approximate surface area is 92.3 Å². The molecule has 5 nitrogen and oxygen atoms in total. The number of piperidine rings is 1. The second-order valence-electron chi connectivity index (χ2n) is 3.89. The topological polar surface area (TPSA) is 70.8 Å². The number of nitrogens with zero attached hydrogens (tertiary/aromatic N) is 1. The standard InChI is InChI=1S/C11H13NO4/c13-9-2-1-5-12(6-9)11(15)8-3-4-10(14)16-7-8/h3-4,7,9,13H,1-2,5-6H2. The Bertz CT molecular complexity index is 419. The van der Waals surface area contributed by atoms with Crippen LogP contribution in [-0.2, 0) is 0 Å². The molecule has 0 spiro atoms. The number of aliphatic hydroxyl groups is 1. The smallest absolute Gasteiger partial charge is 0.335 e. The molecule has 5 heteroatoms. The van der Waals surface area contributed by atoms with E-state index in [4.69, 9.17) is 0 Å². The van der Waals surface area contributed by atoms with E-state index in [1.165, 1.54) is 12.1 Å². The summed E-state index contributed by atoms with van der Waals surface area (Å²) in [5.41, 5.74) is -0.135. The summed E-state index contributed by atoms with van der Waals surface area (Å²) in [7, 11) is 0. The predicted molar refractivity (Wildman–Crippen MR) is 56.1 cm³/mol. The van der Waals surface area contributed by atoms with Crippen LogP contribution in [0.15, 0.2) is 27.6 Å². The molecule has 1 saturated heterocycles. The maximum Gasteiger partial charge on any atom is 0.335 e. The lowest BCUT2D eigenvalue weighted by Crippen LogP contribution is -2.42. The minimum Gasteiger partial charge on any atom is -0.430 e. The summed E-state index contributed by atoms with van der Waals surface area (Å²) in [6, 6.07) is 2.66. The molecule has 1 fully saturated rings. The van der Waals surface area contributed by atoms with Crippen molar-refractivity contribution in [2.24, 2.45) is 0 Å². The van der Waals surface area contributed by atoms with Gasteiger partial charge in [-0.3, -0.25) is 4.79 Å². The summed E-state index contributed by atoms with van der Waals surface area (Å²) in [6.45, 7) is 0.979. The molecule has 1 N–H and O–H groups in total. The first-order chi connectivity index (χ1) is 7.66. The third-order valence-electron chi connectivity index (χ3n) is 2.63. The van der Waals surface area contributed by atoms with Gasteiger partial charge in [0.25, 0.3) is 5.91 Å². The lowest BCUT2D eigenvalue weighted by Gasteiger charge is -2.29. The first-order valence-corrected chi connectivity index (χ1v) is 5.23. The van der Waals surface area contributed by atoms with Gasteiger partial charge in [0.05, 0.1) is 11.7 Å². The van der Waals surface area contributed by atoms with E-state index in [1.54, 1.807) is 4.90 Å². The number of amides is 1. The summed E-state index contributed by atoms with van der Waals surface area (Å²) in [5, 5.41) is 9.45. The fourth-order valence-corrected chi connectivity index (χ4v) is 1.80. The van der Waals surface area contributed by atoms with Crippen molar-refractivity contribution in [1.82, 2.24) is 4.90 Å². The molecule has 2 heterocycles. The second-order valence-corrected chi connectivity index (χ2v) is 3.89. The maximum absolute atomic E-state index is 11.9. The van der Waals surface area contributed by atoms with Crippen molar-refractivity contribution in [2.45, 2.75) is 18.9 Å². The molecule has 2 rings (SSSR count). The average Bonchev–Trinajstić information content (AvgIpc) is 2.29. The molecule has 0 bridgehead atoms. The normalized spacial score (nSPS) is 20.8. The zero-order valence-electron chi connectivity index (χ0n) is 8.76. The van der Waals surface area contributed by atoms with Crippen molar-refractivity contribution in [3.63, 3.8) is 0 Å². The summed E-state index contributed by atoms with van der Waals surface area (Å²) < 4.78 is 4.63. The highest BCUT2D eigenvalue weighted by atomic mass is 16.4. The number of hydrogen-bond acceptors (Lipinski definition) is 4. The van der Waals surface area contributed by atoms with Crippen LogP contribution in [0.2, 0.25) is 0 Å². The van der Waals surface area contributed by atoms with Gasteiger partial charge in [-0.2, -0.15) is 0 Å². The molecular weight excluding hydrogens is 210 g/mol. The number of hydrogen-bond donors (Lipinski definition) is 1. The maximum atomic E-state index is 11.9. The van der Waals surface area contributed by atoms with Crippen LogP contribution >= 0.6 is 0 Å². The molecule has 1 aliphatic rings. The van der Waals surface area contributed by atoms with E-state index in [2.05, 4.69) is 4.42 Å². The Balaban J connectivity index is 2.12. The first-order valence-electron chi connectivity index (χ1n) is 5.23. The van der Waals surface area contributed by atoms with Gasteiger partial charge in [0.2, 0.25) is 0 Å². The number of carbonyl (C=O) groups is 1. The quantitative estimate of drug-likeness (QED) is 0.740. The van der Waals surface area contributed by atoms with Crippen LogP contribution in [0.25, 0.3) is 0 Å². The fourth-order valence-electron chi connectivity index (χ4n) is 1.80. The molecule has 1 aliphatic heterocycles. The van der Waals surface area contributed by atoms with E-state index in [9.17, 15) is 14.7 Å². The summed E-state index contributed by atoms with van der Waals surface area (Å²) >= 11 is 0. The number of β-amino-alcohol motifs (C(OH)–C–C–N with tert-alkyl or cyclic N) is 1. The minimum absolute atomic E-state index is 0.206. The minimum atomic E-state index is -0.477. The number of carbonyl (C=O) groups excluding carboxylic acids is 1. The molecule has 1 aromatic rings. The van der Waals surface area contributed by atoms with Crippen molar-refractivity contribution in [3.8, 4) is 0 Å². The highest BCUT2D eigenvalue weighted by Gasteiger charge is 2.23. The van der Waals surface area contributed by atoms with Crippen LogP contribution in [0, 0.1) is 0 Å². The van der Waals surface area contributed by atoms with Gasteiger partial charge in [-0.1, -0.05) is 0 Å². The Kier molecular flexibility index (Phi) is 3.05. The Morgan fingerprint density at radius 1 is 1.50 bits per heavy atom. The third-order valence-corrected chi connectivity index (χ3v) is 2.63. The summed E-state index contributed by atoms with van der Waals surface area (Å²) in [5.74, 6) is -0.206. The van der Waals surface area contributed by atoms with Gasteiger partial charge in [0, 0.05) is 19.2 Å². The van der Waals surface area contributed by atoms with E-state index in [-0.39, 0.29) is 5.91 Å². The molecule has 1 unspecified atom stereocenters. The molecule has 1 atom stereocenters. The molecule has 1 amide bonds. The molecule has 86 valence electrons.